The van der Waals surface area contributed by atoms with Gasteiger partial charge in [-0.25, -0.2) is 8.42 Å². The largest absolute Gasteiger partial charge is 0.346 e. The summed E-state index contributed by atoms with van der Waals surface area (Å²) >= 11 is 0. The minimum Gasteiger partial charge on any atom is -0.346 e. The summed E-state index contributed by atoms with van der Waals surface area (Å²) in [4.78, 5) is 0.381. The summed E-state index contributed by atoms with van der Waals surface area (Å²) in [5.41, 5.74) is 6.60. The molecule has 0 bridgehead atoms. The molecule has 1 saturated heterocycles. The summed E-state index contributed by atoms with van der Waals surface area (Å²) in [6, 6.07) is 1.93. The molecule has 1 aromatic rings. The molecule has 6 heteroatoms. The maximum atomic E-state index is 12.8. The second kappa shape index (κ2) is 6.50. The van der Waals surface area contributed by atoms with Crippen LogP contribution in [0.4, 0.5) is 0 Å². The van der Waals surface area contributed by atoms with Crippen LogP contribution in [-0.2, 0) is 16.6 Å². The number of aromatic nitrogens is 1. The van der Waals surface area contributed by atoms with E-state index in [0.717, 1.165) is 25.0 Å². The molecule has 0 radical (unpaired) electrons. The van der Waals surface area contributed by atoms with E-state index in [9.17, 15) is 8.42 Å². The Bertz CT molecular complexity index is 570. The number of rotatable bonds is 5. The van der Waals surface area contributed by atoms with E-state index in [1.807, 2.05) is 18.4 Å². The third-order valence-electron chi connectivity index (χ3n) is 4.46. The molecule has 1 aliphatic heterocycles. The molecule has 1 fully saturated rings. The Labute approximate surface area is 128 Å². The molecule has 5 nitrogen and oxygen atoms in total. The van der Waals surface area contributed by atoms with Gasteiger partial charge in [0.1, 0.15) is 4.90 Å². The van der Waals surface area contributed by atoms with Crippen molar-refractivity contribution < 1.29 is 8.42 Å². The number of piperidine rings is 1. The van der Waals surface area contributed by atoms with Crippen LogP contribution in [0.2, 0.25) is 0 Å². The first-order chi connectivity index (χ1) is 9.90. The van der Waals surface area contributed by atoms with Gasteiger partial charge in [0.05, 0.1) is 0 Å². The van der Waals surface area contributed by atoms with Crippen LogP contribution in [0.5, 0.6) is 0 Å². The van der Waals surface area contributed by atoms with Crippen molar-refractivity contribution >= 4 is 10.0 Å². The zero-order valence-electron chi connectivity index (χ0n) is 13.2. The van der Waals surface area contributed by atoms with Gasteiger partial charge in [-0.05, 0) is 38.7 Å². The summed E-state index contributed by atoms with van der Waals surface area (Å²) in [5.74, 6) is 0.663. The second-order valence-electron chi connectivity index (χ2n) is 6.13. The number of hydrogen-bond donors (Lipinski definition) is 1. The SMILES string of the molecule is CCC1CCN(S(=O)(=O)c2cc(CN)n(C(C)C)c2)CC1. The molecule has 1 aromatic heterocycles. The van der Waals surface area contributed by atoms with Gasteiger partial charge in [-0.15, -0.1) is 0 Å². The van der Waals surface area contributed by atoms with E-state index < -0.39 is 10.0 Å². The average molecular weight is 313 g/mol. The summed E-state index contributed by atoms with van der Waals surface area (Å²) in [6.45, 7) is 7.85. The average Bonchev–Trinajstić information content (AvgIpc) is 2.92. The van der Waals surface area contributed by atoms with E-state index in [2.05, 4.69) is 6.92 Å². The fourth-order valence-corrected chi connectivity index (χ4v) is 4.51. The highest BCUT2D eigenvalue weighted by Gasteiger charge is 2.30. The van der Waals surface area contributed by atoms with Gasteiger partial charge in [0.15, 0.2) is 0 Å². The van der Waals surface area contributed by atoms with Gasteiger partial charge < -0.3 is 10.3 Å². The number of nitrogens with two attached hydrogens (primary N) is 1. The molecule has 0 unspecified atom stereocenters. The maximum absolute atomic E-state index is 12.8. The van der Waals surface area contributed by atoms with E-state index >= 15 is 0 Å². The molecule has 0 atom stereocenters. The fourth-order valence-electron chi connectivity index (χ4n) is 2.99. The van der Waals surface area contributed by atoms with E-state index in [-0.39, 0.29) is 6.04 Å². The zero-order chi connectivity index (χ0) is 15.6. The summed E-state index contributed by atoms with van der Waals surface area (Å²) < 4.78 is 29.1. The fraction of sp³-hybridized carbons (Fsp3) is 0.733. The first-order valence-electron chi connectivity index (χ1n) is 7.81. The Morgan fingerprint density at radius 2 is 1.95 bits per heavy atom. The Morgan fingerprint density at radius 3 is 2.38 bits per heavy atom. The minimum absolute atomic E-state index is 0.207. The molecule has 2 heterocycles. The van der Waals surface area contributed by atoms with E-state index in [4.69, 9.17) is 5.73 Å². The predicted octanol–water partition coefficient (Wildman–Crippen LogP) is 2.34. The third kappa shape index (κ3) is 3.33. The molecule has 120 valence electrons. The molecule has 0 aromatic carbocycles. The number of hydrogen-bond acceptors (Lipinski definition) is 3. The number of nitrogens with zero attached hydrogens (tertiary/aromatic N) is 2. The van der Waals surface area contributed by atoms with Gasteiger partial charge >= 0.3 is 0 Å². The smallest absolute Gasteiger partial charge is 0.244 e. The van der Waals surface area contributed by atoms with Crippen molar-refractivity contribution in [1.82, 2.24) is 8.87 Å². The van der Waals surface area contributed by atoms with Crippen molar-refractivity contribution in [2.75, 3.05) is 13.1 Å². The zero-order valence-corrected chi connectivity index (χ0v) is 14.1. The second-order valence-corrected chi connectivity index (χ2v) is 8.07. The van der Waals surface area contributed by atoms with Crippen molar-refractivity contribution in [3.63, 3.8) is 0 Å². The lowest BCUT2D eigenvalue weighted by molar-refractivity contribution is 0.269. The van der Waals surface area contributed by atoms with E-state index in [0.29, 0.717) is 30.4 Å². The maximum Gasteiger partial charge on any atom is 0.244 e. The van der Waals surface area contributed by atoms with Crippen molar-refractivity contribution in [3.8, 4) is 0 Å². The van der Waals surface area contributed by atoms with Crippen molar-refractivity contribution in [2.24, 2.45) is 11.7 Å². The van der Waals surface area contributed by atoms with Crippen LogP contribution in [0.1, 0.15) is 51.8 Å². The number of sulfonamides is 1. The molecule has 0 saturated carbocycles. The van der Waals surface area contributed by atoms with Gasteiger partial charge in [-0.1, -0.05) is 13.3 Å². The summed E-state index contributed by atoms with van der Waals surface area (Å²) in [5, 5.41) is 0. The van der Waals surface area contributed by atoms with Gasteiger partial charge in [0, 0.05) is 37.6 Å². The predicted molar refractivity (Wildman–Crippen MR) is 84.5 cm³/mol. The quantitative estimate of drug-likeness (QED) is 0.907. The Balaban J connectivity index is 2.24. The van der Waals surface area contributed by atoms with Crippen LogP contribution in [0.15, 0.2) is 17.2 Å². The molecule has 2 rings (SSSR count). The van der Waals surface area contributed by atoms with Crippen molar-refractivity contribution in [2.45, 2.75) is 57.5 Å². The van der Waals surface area contributed by atoms with Gasteiger partial charge in [-0.3, -0.25) is 0 Å². The van der Waals surface area contributed by atoms with Crippen LogP contribution in [0.25, 0.3) is 0 Å². The summed E-state index contributed by atoms with van der Waals surface area (Å²) in [7, 11) is -3.38. The van der Waals surface area contributed by atoms with Crippen LogP contribution in [0.3, 0.4) is 0 Å². The molecule has 1 aliphatic rings. The highest BCUT2D eigenvalue weighted by atomic mass is 32.2. The van der Waals surface area contributed by atoms with Gasteiger partial charge in [-0.2, -0.15) is 4.31 Å². The lowest BCUT2D eigenvalue weighted by atomic mass is 9.96. The van der Waals surface area contributed by atoms with E-state index in [1.165, 1.54) is 0 Å². The van der Waals surface area contributed by atoms with Crippen LogP contribution in [0, 0.1) is 5.92 Å². The highest BCUT2D eigenvalue weighted by molar-refractivity contribution is 7.89. The standard InChI is InChI=1S/C15H27N3O2S/c1-4-13-5-7-17(8-6-13)21(19,20)15-9-14(10-16)18(11-15)12(2)3/h9,11-13H,4-8,10,16H2,1-3H3. The monoisotopic (exact) mass is 313 g/mol. The Morgan fingerprint density at radius 1 is 1.33 bits per heavy atom. The molecule has 2 N–H and O–H groups in total. The lowest BCUT2D eigenvalue weighted by Gasteiger charge is -2.30. The summed E-state index contributed by atoms with van der Waals surface area (Å²) in [6.07, 6.45) is 4.79. The molecule has 0 amide bonds. The first-order valence-corrected chi connectivity index (χ1v) is 9.25. The van der Waals surface area contributed by atoms with Gasteiger partial charge in [0.2, 0.25) is 10.0 Å². The Hall–Kier alpha value is -0.850. The lowest BCUT2D eigenvalue weighted by Crippen LogP contribution is -2.38. The van der Waals surface area contributed by atoms with Crippen molar-refractivity contribution in [3.05, 3.63) is 18.0 Å². The minimum atomic E-state index is -3.38. The third-order valence-corrected chi connectivity index (χ3v) is 6.32. The van der Waals surface area contributed by atoms with E-state index in [1.54, 1.807) is 16.6 Å². The molecule has 0 aliphatic carbocycles. The Kier molecular flexibility index (Phi) is 5.11. The van der Waals surface area contributed by atoms with Crippen LogP contribution >= 0.6 is 0 Å². The van der Waals surface area contributed by atoms with Crippen LogP contribution in [-0.4, -0.2) is 30.4 Å². The molecular weight excluding hydrogens is 286 g/mol. The highest BCUT2D eigenvalue weighted by Crippen LogP contribution is 2.27. The first kappa shape index (κ1) is 16.5. The van der Waals surface area contributed by atoms with Gasteiger partial charge in [0.25, 0.3) is 0 Å². The van der Waals surface area contributed by atoms with Crippen LogP contribution < -0.4 is 5.73 Å². The molecule has 21 heavy (non-hydrogen) atoms. The normalized spacial score (nSPS) is 18.5. The topological polar surface area (TPSA) is 68.3 Å². The van der Waals surface area contributed by atoms with Crippen molar-refractivity contribution in [1.29, 1.82) is 0 Å². The molecular formula is C15H27N3O2S. The molecule has 0 spiro atoms.